The summed E-state index contributed by atoms with van der Waals surface area (Å²) in [5.41, 5.74) is 7.43. The molecule has 1 unspecified atom stereocenters. The molecule has 0 bridgehead atoms. The zero-order valence-electron chi connectivity index (χ0n) is 11.4. The molecule has 0 aromatic heterocycles. The maximum atomic E-state index is 11.6. The molecule has 1 rings (SSSR count). The van der Waals surface area contributed by atoms with Crippen LogP contribution in [0.15, 0.2) is 18.2 Å². The number of nitrogens with one attached hydrogen (secondary N) is 3. The Labute approximate surface area is 112 Å². The maximum absolute atomic E-state index is 11.6. The predicted molar refractivity (Wildman–Crippen MR) is 76.0 cm³/mol. The van der Waals surface area contributed by atoms with Crippen molar-refractivity contribution in [3.05, 3.63) is 23.8 Å². The van der Waals surface area contributed by atoms with Crippen molar-refractivity contribution in [3.63, 3.8) is 0 Å². The molecule has 6 heteroatoms. The van der Waals surface area contributed by atoms with Crippen LogP contribution in [0.25, 0.3) is 0 Å². The first-order valence-corrected chi connectivity index (χ1v) is 6.15. The molecular formula is C13H20N4O2. The fourth-order valence-electron chi connectivity index (χ4n) is 1.61. The van der Waals surface area contributed by atoms with Crippen LogP contribution in [0, 0.1) is 0 Å². The molecule has 0 aliphatic carbocycles. The molecule has 1 aromatic carbocycles. The minimum absolute atomic E-state index is 0.132. The summed E-state index contributed by atoms with van der Waals surface area (Å²) in [6.45, 7) is 4.14. The van der Waals surface area contributed by atoms with Crippen molar-refractivity contribution in [2.45, 2.75) is 19.9 Å². The van der Waals surface area contributed by atoms with Gasteiger partial charge in [0.25, 0.3) is 5.91 Å². The number of hydrogen-bond donors (Lipinski definition) is 4. The summed E-state index contributed by atoms with van der Waals surface area (Å²) in [5.74, 6) is -0.299. The topological polar surface area (TPSA) is 96.2 Å². The van der Waals surface area contributed by atoms with Crippen molar-refractivity contribution in [3.8, 4) is 0 Å². The number of amides is 2. The molecule has 104 valence electrons. The molecule has 6 nitrogen and oxygen atoms in total. The first kappa shape index (κ1) is 14.8. The Kier molecular flexibility index (Phi) is 5.17. The Hall–Kier alpha value is -2.24. The highest BCUT2D eigenvalue weighted by molar-refractivity contribution is 5.96. The van der Waals surface area contributed by atoms with Gasteiger partial charge in [-0.15, -0.1) is 0 Å². The van der Waals surface area contributed by atoms with Crippen LogP contribution in [-0.4, -0.2) is 31.4 Å². The van der Waals surface area contributed by atoms with Gasteiger partial charge in [0.15, 0.2) is 0 Å². The number of hydrogen-bond acceptors (Lipinski definition) is 4. The van der Waals surface area contributed by atoms with Gasteiger partial charge >= 0.3 is 0 Å². The SMILES string of the molecule is CCNC(=O)c1ccc(NC(C)C(=O)NC)c(N)c1. The highest BCUT2D eigenvalue weighted by Gasteiger charge is 2.13. The number of benzene rings is 1. The van der Waals surface area contributed by atoms with Gasteiger partial charge in [-0.3, -0.25) is 9.59 Å². The first-order chi connectivity index (χ1) is 8.99. The molecule has 1 atom stereocenters. The normalized spacial score (nSPS) is 11.5. The van der Waals surface area contributed by atoms with Crippen LogP contribution in [-0.2, 0) is 4.79 Å². The van der Waals surface area contributed by atoms with Crippen molar-refractivity contribution in [2.24, 2.45) is 0 Å². The van der Waals surface area contributed by atoms with Crippen molar-refractivity contribution in [2.75, 3.05) is 24.6 Å². The molecule has 0 saturated carbocycles. The molecule has 0 heterocycles. The van der Waals surface area contributed by atoms with E-state index in [0.29, 0.717) is 23.5 Å². The molecule has 2 amide bonds. The van der Waals surface area contributed by atoms with Crippen molar-refractivity contribution in [1.82, 2.24) is 10.6 Å². The predicted octanol–water partition coefficient (Wildman–Crippen LogP) is 0.565. The minimum Gasteiger partial charge on any atom is -0.397 e. The maximum Gasteiger partial charge on any atom is 0.251 e. The van der Waals surface area contributed by atoms with Crippen LogP contribution in [0.2, 0.25) is 0 Å². The van der Waals surface area contributed by atoms with E-state index in [0.717, 1.165) is 0 Å². The van der Waals surface area contributed by atoms with Gasteiger partial charge < -0.3 is 21.7 Å². The Balaban J connectivity index is 2.83. The summed E-state index contributed by atoms with van der Waals surface area (Å²) in [7, 11) is 1.57. The van der Waals surface area contributed by atoms with Gasteiger partial charge in [-0.05, 0) is 32.0 Å². The average molecular weight is 264 g/mol. The summed E-state index contributed by atoms with van der Waals surface area (Å²) in [6, 6.07) is 4.55. The zero-order chi connectivity index (χ0) is 14.4. The standard InChI is InChI=1S/C13H20N4O2/c1-4-16-13(19)9-5-6-11(10(14)7-9)17-8(2)12(18)15-3/h5-8,17H,4,14H2,1-3H3,(H,15,18)(H,16,19). The smallest absolute Gasteiger partial charge is 0.251 e. The van der Waals surface area contributed by atoms with E-state index in [1.165, 1.54) is 0 Å². The first-order valence-electron chi connectivity index (χ1n) is 6.15. The molecule has 5 N–H and O–H groups in total. The fraction of sp³-hybridized carbons (Fsp3) is 0.385. The largest absolute Gasteiger partial charge is 0.397 e. The van der Waals surface area contributed by atoms with Crippen LogP contribution >= 0.6 is 0 Å². The molecule has 0 aliphatic heterocycles. The number of nitrogen functional groups attached to an aromatic ring is 1. The summed E-state index contributed by atoms with van der Waals surface area (Å²) in [4.78, 5) is 23.0. The number of carbonyl (C=O) groups is 2. The fourth-order valence-corrected chi connectivity index (χ4v) is 1.61. The van der Waals surface area contributed by atoms with E-state index in [2.05, 4.69) is 16.0 Å². The molecule has 0 saturated heterocycles. The molecule has 0 spiro atoms. The second-order valence-corrected chi connectivity index (χ2v) is 4.14. The third-order valence-corrected chi connectivity index (χ3v) is 2.66. The third kappa shape index (κ3) is 3.87. The lowest BCUT2D eigenvalue weighted by Crippen LogP contribution is -2.35. The van der Waals surface area contributed by atoms with Gasteiger partial charge in [-0.1, -0.05) is 0 Å². The van der Waals surface area contributed by atoms with Crippen LogP contribution in [0.5, 0.6) is 0 Å². The summed E-state index contributed by atoms with van der Waals surface area (Å²) >= 11 is 0. The monoisotopic (exact) mass is 264 g/mol. The third-order valence-electron chi connectivity index (χ3n) is 2.66. The van der Waals surface area contributed by atoms with Crippen molar-refractivity contribution >= 4 is 23.2 Å². The number of carbonyl (C=O) groups excluding carboxylic acids is 2. The van der Waals surface area contributed by atoms with E-state index in [1.807, 2.05) is 6.92 Å². The number of rotatable bonds is 5. The van der Waals surface area contributed by atoms with Crippen LogP contribution in [0.1, 0.15) is 24.2 Å². The molecule has 0 aliphatic rings. The van der Waals surface area contributed by atoms with E-state index < -0.39 is 6.04 Å². The van der Waals surface area contributed by atoms with Gasteiger partial charge in [0.2, 0.25) is 5.91 Å². The Morgan fingerprint density at radius 1 is 1.37 bits per heavy atom. The van der Waals surface area contributed by atoms with Crippen LogP contribution in [0.3, 0.4) is 0 Å². The van der Waals surface area contributed by atoms with Crippen molar-refractivity contribution < 1.29 is 9.59 Å². The van der Waals surface area contributed by atoms with E-state index in [-0.39, 0.29) is 11.8 Å². The van der Waals surface area contributed by atoms with Gasteiger partial charge in [-0.25, -0.2) is 0 Å². The second-order valence-electron chi connectivity index (χ2n) is 4.14. The molecule has 1 aromatic rings. The molecule has 0 fully saturated rings. The van der Waals surface area contributed by atoms with Crippen LogP contribution in [0.4, 0.5) is 11.4 Å². The Morgan fingerprint density at radius 3 is 2.58 bits per heavy atom. The second kappa shape index (κ2) is 6.63. The summed E-state index contributed by atoms with van der Waals surface area (Å²) in [5, 5.41) is 8.23. The lowest BCUT2D eigenvalue weighted by atomic mass is 10.1. The minimum atomic E-state index is -0.400. The summed E-state index contributed by atoms with van der Waals surface area (Å²) < 4.78 is 0. The van der Waals surface area contributed by atoms with Crippen LogP contribution < -0.4 is 21.7 Å². The van der Waals surface area contributed by atoms with Gasteiger partial charge in [-0.2, -0.15) is 0 Å². The molecule has 0 radical (unpaired) electrons. The quantitative estimate of drug-likeness (QED) is 0.584. The zero-order valence-corrected chi connectivity index (χ0v) is 11.4. The van der Waals surface area contributed by atoms with Crippen molar-refractivity contribution in [1.29, 1.82) is 0 Å². The van der Waals surface area contributed by atoms with Gasteiger partial charge in [0.05, 0.1) is 11.4 Å². The van der Waals surface area contributed by atoms with E-state index >= 15 is 0 Å². The number of anilines is 2. The van der Waals surface area contributed by atoms with E-state index in [4.69, 9.17) is 5.73 Å². The number of likely N-dealkylation sites (N-methyl/N-ethyl adjacent to an activating group) is 1. The Morgan fingerprint density at radius 2 is 2.05 bits per heavy atom. The highest BCUT2D eigenvalue weighted by atomic mass is 16.2. The summed E-state index contributed by atoms with van der Waals surface area (Å²) in [6.07, 6.45) is 0. The lowest BCUT2D eigenvalue weighted by Gasteiger charge is -2.16. The van der Waals surface area contributed by atoms with E-state index in [1.54, 1.807) is 32.2 Å². The molecule has 19 heavy (non-hydrogen) atoms. The molecular weight excluding hydrogens is 244 g/mol. The van der Waals surface area contributed by atoms with E-state index in [9.17, 15) is 9.59 Å². The Bertz CT molecular complexity index is 474. The highest BCUT2D eigenvalue weighted by Crippen LogP contribution is 2.20. The average Bonchev–Trinajstić information content (AvgIpc) is 2.40. The van der Waals surface area contributed by atoms with Gasteiger partial charge in [0, 0.05) is 19.2 Å². The lowest BCUT2D eigenvalue weighted by molar-refractivity contribution is -0.121. The number of nitrogens with two attached hydrogens (primary N) is 1. The van der Waals surface area contributed by atoms with Gasteiger partial charge in [0.1, 0.15) is 6.04 Å².